The Morgan fingerprint density at radius 3 is 2.22 bits per heavy atom. The van der Waals surface area contributed by atoms with Crippen LogP contribution in [0.25, 0.3) is 0 Å². The van der Waals surface area contributed by atoms with Gasteiger partial charge in [-0.2, -0.15) is 0 Å². The fourth-order valence-electron chi connectivity index (χ4n) is 5.66. The van der Waals surface area contributed by atoms with Crippen molar-refractivity contribution >= 4 is 45.1 Å². The third kappa shape index (κ3) is 13.4. The van der Waals surface area contributed by atoms with Crippen molar-refractivity contribution < 1.29 is 32.5 Å². The van der Waals surface area contributed by atoms with E-state index in [-0.39, 0.29) is 43.8 Å². The summed E-state index contributed by atoms with van der Waals surface area (Å²) in [6.45, 7) is 0.120. The van der Waals surface area contributed by atoms with Gasteiger partial charge in [0.1, 0.15) is 0 Å². The second-order valence-corrected chi connectivity index (χ2v) is 14.4. The number of halogens is 1. The summed E-state index contributed by atoms with van der Waals surface area (Å²) in [7, 11) is 0.523. The minimum absolute atomic E-state index is 0.00135. The van der Waals surface area contributed by atoms with Gasteiger partial charge in [0.05, 0.1) is 24.4 Å². The topological polar surface area (TPSA) is 177 Å². The van der Waals surface area contributed by atoms with Crippen molar-refractivity contribution in [2.75, 3.05) is 34.3 Å². The Hall–Kier alpha value is -4.37. The first-order chi connectivity index (χ1) is 24.3. The smallest absolute Gasteiger partial charge is 0.306 e. The van der Waals surface area contributed by atoms with Crippen molar-refractivity contribution in [1.29, 1.82) is 0 Å². The molecule has 3 aromatic rings. The van der Waals surface area contributed by atoms with E-state index >= 15 is 0 Å². The number of nitro benzene ring substituents is 1. The lowest BCUT2D eigenvalue weighted by atomic mass is 9.93. The number of hydrogen-bond donors (Lipinski definition) is 3. The summed E-state index contributed by atoms with van der Waals surface area (Å²) in [6, 6.07) is 21.2. The van der Waals surface area contributed by atoms with Gasteiger partial charge >= 0.3 is 5.97 Å². The molecule has 13 nitrogen and oxygen atoms in total. The molecule has 2 amide bonds. The number of carbonyl (C=O) groups is 3. The molecule has 3 aromatic carbocycles. The van der Waals surface area contributed by atoms with Gasteiger partial charge in [-0.15, -0.1) is 0 Å². The Kier molecular flexibility index (Phi) is 16.5. The summed E-state index contributed by atoms with van der Waals surface area (Å²) in [5, 5.41) is 18.1. The Morgan fingerprint density at radius 1 is 0.922 bits per heavy atom. The van der Waals surface area contributed by atoms with Gasteiger partial charge in [0, 0.05) is 49.7 Å². The first kappa shape index (κ1) is 41.1. The maximum atomic E-state index is 13.9. The SMILES string of the molecule is CN[C@H](CC(=O)NC[C@H](CCCCNS(=O)(=O)c1ccccc1[N+](=O)[O-])N(C)C(=O)[C@@H](CC(=O)OC)Cc1ccccc1)Cc1ccc(Cl)cc1. The number of likely N-dealkylation sites (N-methyl/N-ethyl adjacent to an activating group) is 2. The molecule has 3 rings (SSSR count). The highest BCUT2D eigenvalue weighted by Gasteiger charge is 2.30. The van der Waals surface area contributed by atoms with E-state index in [1.807, 2.05) is 42.5 Å². The van der Waals surface area contributed by atoms with Gasteiger partial charge < -0.3 is 20.3 Å². The van der Waals surface area contributed by atoms with Crippen molar-refractivity contribution in [2.24, 2.45) is 5.92 Å². The van der Waals surface area contributed by atoms with E-state index in [4.69, 9.17) is 16.3 Å². The molecule has 0 fully saturated rings. The molecular formula is C36H46ClN5O8S. The van der Waals surface area contributed by atoms with Crippen molar-refractivity contribution in [3.8, 4) is 0 Å². The second-order valence-electron chi connectivity index (χ2n) is 12.2. The average Bonchev–Trinajstić information content (AvgIpc) is 3.12. The zero-order valence-electron chi connectivity index (χ0n) is 29.0. The van der Waals surface area contributed by atoms with Crippen LogP contribution in [0.3, 0.4) is 0 Å². The van der Waals surface area contributed by atoms with Gasteiger partial charge in [0.15, 0.2) is 4.90 Å². The van der Waals surface area contributed by atoms with E-state index in [2.05, 4.69) is 15.4 Å². The normalized spacial score (nSPS) is 13.1. The number of nitrogens with zero attached hydrogens (tertiary/aromatic N) is 2. The number of sulfonamides is 1. The number of amides is 2. The van der Waals surface area contributed by atoms with Crippen molar-refractivity contribution in [3.05, 3.63) is 105 Å². The number of nitro groups is 1. The van der Waals surface area contributed by atoms with Crippen molar-refractivity contribution in [3.63, 3.8) is 0 Å². The van der Waals surface area contributed by atoms with Crippen LogP contribution >= 0.6 is 11.6 Å². The van der Waals surface area contributed by atoms with Gasteiger partial charge in [0.25, 0.3) is 5.69 Å². The van der Waals surface area contributed by atoms with Crippen LogP contribution in [0, 0.1) is 16.0 Å². The predicted molar refractivity (Wildman–Crippen MR) is 195 cm³/mol. The third-order valence-electron chi connectivity index (χ3n) is 8.59. The van der Waals surface area contributed by atoms with E-state index in [1.54, 1.807) is 26.2 Å². The van der Waals surface area contributed by atoms with Gasteiger partial charge in [-0.05, 0) is 62.1 Å². The molecule has 3 N–H and O–H groups in total. The van der Waals surface area contributed by atoms with Gasteiger partial charge in [0.2, 0.25) is 21.8 Å². The molecule has 0 spiro atoms. The zero-order valence-corrected chi connectivity index (χ0v) is 30.6. The number of ether oxygens (including phenoxy) is 1. The minimum atomic E-state index is -4.15. The van der Waals surface area contributed by atoms with Crippen molar-refractivity contribution in [1.82, 2.24) is 20.3 Å². The molecule has 0 heterocycles. The first-order valence-electron chi connectivity index (χ1n) is 16.6. The van der Waals surface area contributed by atoms with Crippen LogP contribution in [0.1, 0.15) is 43.2 Å². The Labute approximate surface area is 304 Å². The van der Waals surface area contributed by atoms with E-state index in [1.165, 1.54) is 30.2 Å². The highest BCUT2D eigenvalue weighted by atomic mass is 35.5. The highest BCUT2D eigenvalue weighted by Crippen LogP contribution is 2.23. The van der Waals surface area contributed by atoms with Crippen LogP contribution in [-0.2, 0) is 42.0 Å². The van der Waals surface area contributed by atoms with Crippen LogP contribution in [0.15, 0.2) is 83.8 Å². The highest BCUT2D eigenvalue weighted by molar-refractivity contribution is 7.89. The summed E-state index contributed by atoms with van der Waals surface area (Å²) in [4.78, 5) is 51.2. The molecule has 0 aliphatic heterocycles. The molecule has 0 aliphatic rings. The van der Waals surface area contributed by atoms with Crippen LogP contribution in [0.2, 0.25) is 5.02 Å². The number of unbranched alkanes of at least 4 members (excludes halogenated alkanes) is 1. The standard InChI is InChI=1S/C36H46ClN5O8S/c1-38-30(22-27-16-18-29(37)19-17-27)24-34(43)39-25-31(13-9-10-20-40-51(48,49)33-15-8-7-14-32(33)42(46)47)41(2)36(45)28(23-35(44)50-3)21-26-11-5-4-6-12-26/h4-8,11-12,14-19,28,30-31,38,40H,9-10,13,20-25H2,1-3H3,(H,39,43)/t28-,30+,31+/m1/s1. The molecule has 0 bridgehead atoms. The van der Waals surface area contributed by atoms with Crippen LogP contribution in [0.5, 0.6) is 0 Å². The Balaban J connectivity index is 1.70. The summed E-state index contributed by atoms with van der Waals surface area (Å²) < 4.78 is 33.0. The van der Waals surface area contributed by atoms with E-state index in [0.29, 0.717) is 37.1 Å². The zero-order chi connectivity index (χ0) is 37.4. The first-order valence-corrected chi connectivity index (χ1v) is 18.5. The number of carbonyl (C=O) groups excluding carboxylic acids is 3. The number of rotatable bonds is 21. The molecule has 0 unspecified atom stereocenters. The number of para-hydroxylation sites is 1. The molecular weight excluding hydrogens is 698 g/mol. The number of hydrogen-bond acceptors (Lipinski definition) is 9. The largest absolute Gasteiger partial charge is 0.469 e. The number of methoxy groups -OCH3 is 1. The molecule has 0 aliphatic carbocycles. The van der Waals surface area contributed by atoms with Gasteiger partial charge in [-0.3, -0.25) is 24.5 Å². The molecule has 0 saturated heterocycles. The molecule has 276 valence electrons. The lowest BCUT2D eigenvalue weighted by Crippen LogP contribution is -2.48. The molecule has 15 heteroatoms. The molecule has 3 atom stereocenters. The fraction of sp³-hybridized carbons (Fsp3) is 0.417. The fourth-order valence-corrected chi connectivity index (χ4v) is 7.03. The maximum absolute atomic E-state index is 13.9. The monoisotopic (exact) mass is 743 g/mol. The van der Waals surface area contributed by atoms with Gasteiger partial charge in [-0.1, -0.05) is 72.6 Å². The van der Waals surface area contributed by atoms with E-state index in [0.717, 1.165) is 17.2 Å². The summed E-state index contributed by atoms with van der Waals surface area (Å²) in [6.07, 6.45) is 2.15. The number of nitrogens with one attached hydrogen (secondary N) is 3. The number of esters is 1. The molecule has 0 radical (unpaired) electrons. The molecule has 0 aromatic heterocycles. The minimum Gasteiger partial charge on any atom is -0.469 e. The van der Waals surface area contributed by atoms with Crippen LogP contribution < -0.4 is 15.4 Å². The van der Waals surface area contributed by atoms with E-state index < -0.39 is 43.5 Å². The summed E-state index contributed by atoms with van der Waals surface area (Å²) in [5.41, 5.74) is 1.37. The average molecular weight is 744 g/mol. The maximum Gasteiger partial charge on any atom is 0.306 e. The van der Waals surface area contributed by atoms with Crippen LogP contribution in [0.4, 0.5) is 5.69 Å². The Bertz CT molecular complexity index is 1710. The third-order valence-corrected chi connectivity index (χ3v) is 10.3. The Morgan fingerprint density at radius 2 is 1.57 bits per heavy atom. The van der Waals surface area contributed by atoms with Crippen molar-refractivity contribution in [2.45, 2.75) is 61.9 Å². The second kappa shape index (κ2) is 20.5. The van der Waals surface area contributed by atoms with Gasteiger partial charge in [-0.25, -0.2) is 13.1 Å². The van der Waals surface area contributed by atoms with Crippen LogP contribution in [-0.4, -0.2) is 82.4 Å². The quantitative estimate of drug-likeness (QED) is 0.0622. The number of benzene rings is 3. The summed E-state index contributed by atoms with van der Waals surface area (Å²) in [5.74, 6) is -1.75. The molecule has 0 saturated carbocycles. The lowest BCUT2D eigenvalue weighted by molar-refractivity contribution is -0.387. The molecule has 51 heavy (non-hydrogen) atoms. The summed E-state index contributed by atoms with van der Waals surface area (Å²) >= 11 is 6.01. The van der Waals surface area contributed by atoms with E-state index in [9.17, 15) is 32.9 Å². The lowest BCUT2D eigenvalue weighted by Gasteiger charge is -2.32. The predicted octanol–water partition coefficient (Wildman–Crippen LogP) is 4.28.